The summed E-state index contributed by atoms with van der Waals surface area (Å²) in [6.45, 7) is 4.55. The molecule has 0 spiro atoms. The smallest absolute Gasteiger partial charge is 0.271 e. The lowest BCUT2D eigenvalue weighted by molar-refractivity contribution is 0.0946. The monoisotopic (exact) mass is 301 g/mol. The average molecular weight is 301 g/mol. The number of hydrogen-bond donors (Lipinski definition) is 1. The minimum atomic E-state index is -0.194. The molecule has 21 heavy (non-hydrogen) atoms. The molecule has 0 aliphatic heterocycles. The molecule has 0 radical (unpaired) electrons. The molecule has 6 nitrogen and oxygen atoms in total. The molecule has 3 rings (SSSR count). The zero-order valence-electron chi connectivity index (χ0n) is 11.8. The Kier molecular flexibility index (Phi) is 3.66. The highest BCUT2D eigenvalue weighted by Gasteiger charge is 2.14. The number of nitrogens with one attached hydrogen (secondary N) is 1. The fourth-order valence-electron chi connectivity index (χ4n) is 1.96. The van der Waals surface area contributed by atoms with Gasteiger partial charge in [0, 0.05) is 42.0 Å². The van der Waals surface area contributed by atoms with Crippen LogP contribution in [0.4, 0.5) is 0 Å². The molecule has 108 valence electrons. The summed E-state index contributed by atoms with van der Waals surface area (Å²) in [5.74, 6) is -0.0107. The molecule has 0 saturated carbocycles. The highest BCUT2D eigenvalue weighted by molar-refractivity contribution is 7.09. The largest absolute Gasteiger partial charge is 0.350 e. The number of rotatable bonds is 4. The highest BCUT2D eigenvalue weighted by atomic mass is 32.1. The van der Waals surface area contributed by atoms with E-state index in [1.165, 1.54) is 0 Å². The molecular formula is C14H15N5OS. The van der Waals surface area contributed by atoms with Gasteiger partial charge in [-0.2, -0.15) is 5.10 Å². The minimum Gasteiger partial charge on any atom is -0.350 e. The molecule has 0 aromatic carbocycles. The summed E-state index contributed by atoms with van der Waals surface area (Å²) in [7, 11) is 0. The van der Waals surface area contributed by atoms with Crippen LogP contribution < -0.4 is 5.32 Å². The maximum atomic E-state index is 12.1. The van der Waals surface area contributed by atoms with Crippen LogP contribution in [-0.2, 0) is 0 Å². The average Bonchev–Trinajstić information content (AvgIpc) is 3.10. The molecular weight excluding hydrogens is 286 g/mol. The van der Waals surface area contributed by atoms with Gasteiger partial charge < -0.3 is 5.32 Å². The molecule has 0 bridgehead atoms. The van der Waals surface area contributed by atoms with Gasteiger partial charge in [0.05, 0.1) is 5.01 Å². The van der Waals surface area contributed by atoms with Crippen molar-refractivity contribution in [3.05, 3.63) is 46.3 Å². The fourth-order valence-corrected chi connectivity index (χ4v) is 2.82. The third kappa shape index (κ3) is 2.92. The summed E-state index contributed by atoms with van der Waals surface area (Å²) >= 11 is 1.62. The van der Waals surface area contributed by atoms with E-state index in [0.717, 1.165) is 10.7 Å². The van der Waals surface area contributed by atoms with Crippen molar-refractivity contribution in [3.8, 4) is 0 Å². The maximum absolute atomic E-state index is 12.1. The second kappa shape index (κ2) is 5.61. The van der Waals surface area contributed by atoms with E-state index < -0.39 is 0 Å². The maximum Gasteiger partial charge on any atom is 0.271 e. The Morgan fingerprint density at radius 2 is 2.38 bits per heavy atom. The number of aryl methyl sites for hydroxylation is 1. The molecule has 0 fully saturated rings. The Morgan fingerprint density at radius 1 is 1.52 bits per heavy atom. The van der Waals surface area contributed by atoms with Gasteiger partial charge in [-0.25, -0.2) is 14.5 Å². The summed E-state index contributed by atoms with van der Waals surface area (Å²) in [6, 6.07) is 3.45. The van der Waals surface area contributed by atoms with Crippen molar-refractivity contribution in [3.63, 3.8) is 0 Å². The quantitative estimate of drug-likeness (QED) is 0.800. The van der Waals surface area contributed by atoms with Gasteiger partial charge in [-0.3, -0.25) is 4.79 Å². The van der Waals surface area contributed by atoms with Crippen LogP contribution in [0, 0.1) is 6.92 Å². The van der Waals surface area contributed by atoms with Crippen LogP contribution in [0.15, 0.2) is 29.9 Å². The molecule has 1 N–H and O–H groups in total. The number of thiazole rings is 1. The molecule has 0 saturated heterocycles. The zero-order valence-corrected chi connectivity index (χ0v) is 12.6. The predicted octanol–water partition coefficient (Wildman–Crippen LogP) is 2.03. The number of aromatic nitrogens is 4. The van der Waals surface area contributed by atoms with Gasteiger partial charge in [-0.1, -0.05) is 6.92 Å². The second-order valence-electron chi connectivity index (χ2n) is 4.89. The van der Waals surface area contributed by atoms with Crippen LogP contribution in [0.3, 0.4) is 0 Å². The van der Waals surface area contributed by atoms with Crippen molar-refractivity contribution in [2.45, 2.75) is 19.8 Å². The fraction of sp³-hybridized carbons (Fsp3) is 0.286. The number of fused-ring (bicyclic) bond motifs is 1. The number of carbonyl (C=O) groups is 1. The van der Waals surface area contributed by atoms with Crippen LogP contribution in [0.5, 0.6) is 0 Å². The molecule has 0 aliphatic carbocycles. The molecule has 1 amide bonds. The van der Waals surface area contributed by atoms with E-state index in [1.807, 2.05) is 19.2 Å². The van der Waals surface area contributed by atoms with E-state index in [0.29, 0.717) is 17.9 Å². The van der Waals surface area contributed by atoms with E-state index in [9.17, 15) is 4.79 Å². The summed E-state index contributed by atoms with van der Waals surface area (Å²) in [5, 5.41) is 10.1. The highest BCUT2D eigenvalue weighted by Crippen LogP contribution is 2.18. The first kappa shape index (κ1) is 13.7. The van der Waals surface area contributed by atoms with Gasteiger partial charge in [0.1, 0.15) is 0 Å². The SMILES string of the molecule is Cc1csc([C@@H](C)CNC(=O)c2cc3ncccn3n2)n1. The van der Waals surface area contributed by atoms with E-state index in [2.05, 4.69) is 20.4 Å². The van der Waals surface area contributed by atoms with E-state index >= 15 is 0 Å². The summed E-state index contributed by atoms with van der Waals surface area (Å²) < 4.78 is 1.59. The third-order valence-electron chi connectivity index (χ3n) is 3.10. The second-order valence-corrected chi connectivity index (χ2v) is 5.78. The molecule has 0 aliphatic rings. The number of carbonyl (C=O) groups excluding carboxylic acids is 1. The van der Waals surface area contributed by atoms with Crippen LogP contribution in [0.2, 0.25) is 0 Å². The molecule has 3 aromatic rings. The molecule has 3 heterocycles. The van der Waals surface area contributed by atoms with Crippen LogP contribution >= 0.6 is 11.3 Å². The van der Waals surface area contributed by atoms with Gasteiger partial charge >= 0.3 is 0 Å². The van der Waals surface area contributed by atoms with Crippen molar-refractivity contribution in [2.24, 2.45) is 0 Å². The predicted molar refractivity (Wildman–Crippen MR) is 80.6 cm³/mol. The van der Waals surface area contributed by atoms with Crippen molar-refractivity contribution < 1.29 is 4.79 Å². The van der Waals surface area contributed by atoms with Gasteiger partial charge in [0.25, 0.3) is 5.91 Å². The molecule has 0 unspecified atom stereocenters. The van der Waals surface area contributed by atoms with Crippen molar-refractivity contribution in [1.82, 2.24) is 24.9 Å². The first-order valence-corrected chi connectivity index (χ1v) is 7.52. The molecule has 1 atom stereocenters. The van der Waals surface area contributed by atoms with Gasteiger partial charge in [0.2, 0.25) is 0 Å². The van der Waals surface area contributed by atoms with Gasteiger partial charge in [0.15, 0.2) is 11.3 Å². The van der Waals surface area contributed by atoms with E-state index in [-0.39, 0.29) is 11.8 Å². The normalized spacial score (nSPS) is 12.5. The Bertz CT molecular complexity index is 745. The summed E-state index contributed by atoms with van der Waals surface area (Å²) in [6.07, 6.45) is 3.44. The van der Waals surface area contributed by atoms with Crippen LogP contribution in [0.1, 0.15) is 34.0 Å². The van der Waals surface area contributed by atoms with Crippen molar-refractivity contribution >= 4 is 22.9 Å². The minimum absolute atomic E-state index is 0.183. The lowest BCUT2D eigenvalue weighted by Crippen LogP contribution is -2.27. The number of amides is 1. The molecule has 7 heteroatoms. The standard InChI is InChI=1S/C14H15N5OS/c1-9(14-17-10(2)8-21-14)7-16-13(20)11-6-12-15-4-3-5-19(12)18-11/h3-6,8-9H,7H2,1-2H3,(H,16,20)/t9-/m0/s1. The Hall–Kier alpha value is -2.28. The topological polar surface area (TPSA) is 72.2 Å². The van der Waals surface area contributed by atoms with Gasteiger partial charge in [-0.05, 0) is 13.0 Å². The van der Waals surface area contributed by atoms with Crippen molar-refractivity contribution in [1.29, 1.82) is 0 Å². The zero-order chi connectivity index (χ0) is 14.8. The van der Waals surface area contributed by atoms with Crippen LogP contribution in [-0.4, -0.2) is 32.0 Å². The number of hydrogen-bond acceptors (Lipinski definition) is 5. The Morgan fingerprint density at radius 3 is 3.10 bits per heavy atom. The van der Waals surface area contributed by atoms with E-state index in [1.54, 1.807) is 40.4 Å². The molecule has 3 aromatic heterocycles. The lowest BCUT2D eigenvalue weighted by Gasteiger charge is -2.08. The van der Waals surface area contributed by atoms with Crippen molar-refractivity contribution in [2.75, 3.05) is 6.54 Å². The van der Waals surface area contributed by atoms with Gasteiger partial charge in [-0.15, -0.1) is 11.3 Å². The number of nitrogens with zero attached hydrogens (tertiary/aromatic N) is 4. The Balaban J connectivity index is 1.66. The third-order valence-corrected chi connectivity index (χ3v) is 4.29. The Labute approximate surface area is 125 Å². The van der Waals surface area contributed by atoms with Crippen LogP contribution in [0.25, 0.3) is 5.65 Å². The first-order chi connectivity index (χ1) is 10.1. The van der Waals surface area contributed by atoms with E-state index in [4.69, 9.17) is 0 Å². The summed E-state index contributed by atoms with van der Waals surface area (Å²) in [5.41, 5.74) is 2.04. The lowest BCUT2D eigenvalue weighted by atomic mass is 10.2. The summed E-state index contributed by atoms with van der Waals surface area (Å²) in [4.78, 5) is 20.7. The first-order valence-electron chi connectivity index (χ1n) is 6.64.